The Hall–Kier alpha value is -2.90. The quantitative estimate of drug-likeness (QED) is 0.522. The summed E-state index contributed by atoms with van der Waals surface area (Å²) in [5.41, 5.74) is 1.71. The van der Waals surface area contributed by atoms with Crippen molar-refractivity contribution in [1.29, 1.82) is 0 Å². The molecule has 6 nitrogen and oxygen atoms in total. The van der Waals surface area contributed by atoms with Gasteiger partial charge in [0, 0.05) is 37.9 Å². The summed E-state index contributed by atoms with van der Waals surface area (Å²) >= 11 is 0. The lowest BCUT2D eigenvalue weighted by Gasteiger charge is -2.17. The highest BCUT2D eigenvalue weighted by Crippen LogP contribution is 2.20. The Morgan fingerprint density at radius 1 is 1.21 bits per heavy atom. The molecule has 1 aliphatic rings. The zero-order chi connectivity index (χ0) is 20.5. The van der Waals surface area contributed by atoms with Crippen LogP contribution in [0.15, 0.2) is 47.6 Å². The molecule has 1 aromatic carbocycles. The smallest absolute Gasteiger partial charge is 0.387 e. The molecule has 8 heteroatoms. The SMILES string of the molecule is CCNC(=NCc1ccnc(N2CCCC2)c1)NCc1ccccc1OC(F)F. The van der Waals surface area contributed by atoms with Crippen molar-refractivity contribution in [2.24, 2.45) is 4.99 Å². The van der Waals surface area contributed by atoms with Gasteiger partial charge in [-0.15, -0.1) is 0 Å². The van der Waals surface area contributed by atoms with Gasteiger partial charge in [0.15, 0.2) is 5.96 Å². The van der Waals surface area contributed by atoms with Gasteiger partial charge in [-0.3, -0.25) is 0 Å². The van der Waals surface area contributed by atoms with Crippen LogP contribution in [0, 0.1) is 0 Å². The van der Waals surface area contributed by atoms with Crippen LogP contribution in [0.1, 0.15) is 30.9 Å². The molecule has 1 aromatic heterocycles. The number of para-hydroxylation sites is 1. The Labute approximate surface area is 170 Å². The van der Waals surface area contributed by atoms with E-state index in [2.05, 4.69) is 36.3 Å². The number of alkyl halides is 2. The van der Waals surface area contributed by atoms with Crippen molar-refractivity contribution in [3.05, 3.63) is 53.7 Å². The predicted octanol–water partition coefficient (Wildman–Crippen LogP) is 3.54. The molecule has 156 valence electrons. The zero-order valence-corrected chi connectivity index (χ0v) is 16.6. The van der Waals surface area contributed by atoms with E-state index in [4.69, 9.17) is 0 Å². The average Bonchev–Trinajstić information content (AvgIpc) is 3.26. The Bertz CT molecular complexity index is 809. The lowest BCUT2D eigenvalue weighted by atomic mass is 10.2. The Kier molecular flexibility index (Phi) is 7.61. The number of benzene rings is 1. The number of rotatable bonds is 8. The minimum atomic E-state index is -2.85. The van der Waals surface area contributed by atoms with Crippen LogP contribution in [0.5, 0.6) is 5.75 Å². The second-order valence-corrected chi connectivity index (χ2v) is 6.75. The zero-order valence-electron chi connectivity index (χ0n) is 16.6. The topological polar surface area (TPSA) is 61.8 Å². The van der Waals surface area contributed by atoms with Crippen molar-refractivity contribution in [2.45, 2.75) is 39.5 Å². The summed E-state index contributed by atoms with van der Waals surface area (Å²) in [4.78, 5) is 11.4. The van der Waals surface area contributed by atoms with Gasteiger partial charge in [0.1, 0.15) is 11.6 Å². The van der Waals surface area contributed by atoms with Gasteiger partial charge in [-0.05, 0) is 43.5 Å². The molecule has 29 heavy (non-hydrogen) atoms. The first kappa shape index (κ1) is 20.8. The normalized spacial score (nSPS) is 14.3. The number of hydrogen-bond acceptors (Lipinski definition) is 4. The summed E-state index contributed by atoms with van der Waals surface area (Å²) in [6.45, 7) is 2.72. The van der Waals surface area contributed by atoms with Crippen molar-refractivity contribution in [2.75, 3.05) is 24.5 Å². The van der Waals surface area contributed by atoms with Crippen molar-refractivity contribution in [3.8, 4) is 5.75 Å². The second kappa shape index (κ2) is 10.6. The van der Waals surface area contributed by atoms with Crippen LogP contribution in [0.25, 0.3) is 0 Å². The van der Waals surface area contributed by atoms with Gasteiger partial charge < -0.3 is 20.3 Å². The molecule has 2 N–H and O–H groups in total. The number of aromatic nitrogens is 1. The van der Waals surface area contributed by atoms with Gasteiger partial charge in [0.25, 0.3) is 0 Å². The van der Waals surface area contributed by atoms with Crippen molar-refractivity contribution in [1.82, 2.24) is 15.6 Å². The minimum absolute atomic E-state index is 0.162. The number of halogens is 2. The number of guanidine groups is 1. The van der Waals surface area contributed by atoms with Gasteiger partial charge in [0.2, 0.25) is 0 Å². The lowest BCUT2D eigenvalue weighted by Crippen LogP contribution is -2.36. The lowest BCUT2D eigenvalue weighted by molar-refractivity contribution is -0.0504. The van der Waals surface area contributed by atoms with Crippen molar-refractivity contribution >= 4 is 11.8 Å². The van der Waals surface area contributed by atoms with Crippen LogP contribution < -0.4 is 20.3 Å². The van der Waals surface area contributed by atoms with Crippen LogP contribution in [0.3, 0.4) is 0 Å². The Balaban J connectivity index is 1.64. The van der Waals surface area contributed by atoms with E-state index in [-0.39, 0.29) is 5.75 Å². The first-order chi connectivity index (χ1) is 14.2. The third-order valence-electron chi connectivity index (χ3n) is 4.64. The van der Waals surface area contributed by atoms with E-state index in [9.17, 15) is 8.78 Å². The summed E-state index contributed by atoms with van der Waals surface area (Å²) in [5.74, 6) is 1.76. The molecule has 0 amide bonds. The highest BCUT2D eigenvalue weighted by Gasteiger charge is 2.13. The maximum absolute atomic E-state index is 12.6. The molecule has 0 atom stereocenters. The highest BCUT2D eigenvalue weighted by atomic mass is 19.3. The summed E-state index contributed by atoms with van der Waals surface area (Å²) in [5, 5.41) is 6.36. The summed E-state index contributed by atoms with van der Waals surface area (Å²) < 4.78 is 29.8. The number of ether oxygens (including phenoxy) is 1. The summed E-state index contributed by atoms with van der Waals surface area (Å²) in [6, 6.07) is 10.8. The van der Waals surface area contributed by atoms with E-state index in [1.807, 2.05) is 19.2 Å². The van der Waals surface area contributed by atoms with Crippen LogP contribution >= 0.6 is 0 Å². The molecule has 0 bridgehead atoms. The molecule has 0 radical (unpaired) electrons. The van der Waals surface area contributed by atoms with Gasteiger partial charge in [-0.25, -0.2) is 9.98 Å². The third kappa shape index (κ3) is 6.30. The molecule has 0 spiro atoms. The predicted molar refractivity (Wildman–Crippen MR) is 110 cm³/mol. The van der Waals surface area contributed by atoms with Gasteiger partial charge in [-0.1, -0.05) is 18.2 Å². The first-order valence-corrected chi connectivity index (χ1v) is 9.90. The molecule has 1 aliphatic heterocycles. The maximum Gasteiger partial charge on any atom is 0.387 e. The van der Waals surface area contributed by atoms with Crippen LogP contribution in [0.4, 0.5) is 14.6 Å². The molecule has 0 unspecified atom stereocenters. The molecule has 1 fully saturated rings. The largest absolute Gasteiger partial charge is 0.434 e. The van der Waals surface area contributed by atoms with Gasteiger partial charge >= 0.3 is 6.61 Å². The third-order valence-corrected chi connectivity index (χ3v) is 4.64. The van der Waals surface area contributed by atoms with E-state index in [0.29, 0.717) is 31.2 Å². The van der Waals surface area contributed by atoms with E-state index in [1.54, 1.807) is 18.2 Å². The molecule has 0 aliphatic carbocycles. The molecule has 3 rings (SSSR count). The van der Waals surface area contributed by atoms with Crippen LogP contribution in [0.2, 0.25) is 0 Å². The molecule has 0 saturated carbocycles. The molecule has 1 saturated heterocycles. The average molecular weight is 403 g/mol. The molecular formula is C21H27F2N5O. The Morgan fingerprint density at radius 2 is 2.00 bits per heavy atom. The van der Waals surface area contributed by atoms with Crippen molar-refractivity contribution in [3.63, 3.8) is 0 Å². The van der Waals surface area contributed by atoms with E-state index in [1.165, 1.54) is 18.9 Å². The summed E-state index contributed by atoms with van der Waals surface area (Å²) in [7, 11) is 0. The molecule has 2 aromatic rings. The van der Waals surface area contributed by atoms with Gasteiger partial charge in [0.05, 0.1) is 6.54 Å². The first-order valence-electron chi connectivity index (χ1n) is 9.90. The number of hydrogen-bond donors (Lipinski definition) is 2. The minimum Gasteiger partial charge on any atom is -0.434 e. The van der Waals surface area contributed by atoms with E-state index < -0.39 is 6.61 Å². The highest BCUT2D eigenvalue weighted by molar-refractivity contribution is 5.79. The molecule has 2 heterocycles. The number of pyridine rings is 1. The van der Waals surface area contributed by atoms with E-state index in [0.717, 1.165) is 24.5 Å². The van der Waals surface area contributed by atoms with Crippen LogP contribution in [-0.4, -0.2) is 37.2 Å². The fourth-order valence-electron chi connectivity index (χ4n) is 3.23. The standard InChI is InChI=1S/C21H27F2N5O/c1-2-24-21(27-15-17-7-3-4-8-18(17)29-20(22)23)26-14-16-9-10-25-19(13-16)28-11-5-6-12-28/h3-4,7-10,13,20H,2,5-6,11-12,14-15H2,1H3,(H2,24,26,27). The monoisotopic (exact) mass is 403 g/mol. The fourth-order valence-corrected chi connectivity index (χ4v) is 3.23. The van der Waals surface area contributed by atoms with Gasteiger partial charge in [-0.2, -0.15) is 8.78 Å². The maximum atomic E-state index is 12.6. The number of nitrogens with one attached hydrogen (secondary N) is 2. The summed E-state index contributed by atoms with van der Waals surface area (Å²) in [6.07, 6.45) is 4.22. The van der Waals surface area contributed by atoms with Crippen LogP contribution in [-0.2, 0) is 13.1 Å². The molecular weight excluding hydrogens is 376 g/mol. The fraction of sp³-hybridized carbons (Fsp3) is 0.429. The Morgan fingerprint density at radius 3 is 2.76 bits per heavy atom. The number of anilines is 1. The van der Waals surface area contributed by atoms with Crippen molar-refractivity contribution < 1.29 is 13.5 Å². The number of aliphatic imine (C=N–C) groups is 1. The second-order valence-electron chi connectivity index (χ2n) is 6.75. The number of nitrogens with zero attached hydrogens (tertiary/aromatic N) is 3. The van der Waals surface area contributed by atoms with E-state index >= 15 is 0 Å².